The predicted molar refractivity (Wildman–Crippen MR) is 126 cm³/mol. The number of unbranched alkanes of at least 4 members (excludes halogenated alkanes) is 3. The minimum atomic E-state index is -2.44. The molecule has 3 rings (SSSR count). The third kappa shape index (κ3) is 5.12. The first-order valence-corrected chi connectivity index (χ1v) is 21.7. The Morgan fingerprint density at radius 3 is 2.25 bits per heavy atom. The van der Waals surface area contributed by atoms with Gasteiger partial charge in [-0.25, -0.2) is 0 Å². The second-order valence-electron chi connectivity index (χ2n) is 8.89. The van der Waals surface area contributed by atoms with E-state index >= 15 is 0 Å². The molecule has 1 aliphatic rings. The molecule has 1 aliphatic carbocycles. The Balaban J connectivity index is 1.94. The molecule has 0 fully saturated rings. The molecule has 0 heterocycles. The molecule has 0 aliphatic heterocycles. The molecule has 149 valence electrons. The van der Waals surface area contributed by atoms with Crippen molar-refractivity contribution in [2.45, 2.75) is 62.3 Å². The Bertz CT molecular complexity index is 835. The number of fused-ring (bicyclic) bond motifs is 1. The van der Waals surface area contributed by atoms with E-state index < -0.39 is 27.4 Å². The Kier molecular flexibility index (Phi) is 7.87. The Morgan fingerprint density at radius 2 is 1.64 bits per heavy atom. The van der Waals surface area contributed by atoms with E-state index in [0.29, 0.717) is 3.63 Å². The number of benzene rings is 2. The minimum absolute atomic E-state index is 0.323. The summed E-state index contributed by atoms with van der Waals surface area (Å²) in [6.07, 6.45) is 8.68. The van der Waals surface area contributed by atoms with Gasteiger partial charge in [0, 0.05) is 0 Å². The fourth-order valence-corrected chi connectivity index (χ4v) is 10.8. The van der Waals surface area contributed by atoms with Crippen molar-refractivity contribution in [3.05, 3.63) is 59.2 Å². The summed E-state index contributed by atoms with van der Waals surface area (Å²) in [6.45, 7) is 9.45. The van der Waals surface area contributed by atoms with Crippen molar-refractivity contribution in [1.29, 1.82) is 0 Å². The summed E-state index contributed by atoms with van der Waals surface area (Å²) in [6, 6.07) is 15.9. The third-order valence-corrected chi connectivity index (χ3v) is 13.1. The van der Waals surface area contributed by atoms with Crippen LogP contribution >= 0.6 is 17.0 Å². The van der Waals surface area contributed by atoms with Crippen LogP contribution < -0.4 is 5.19 Å². The van der Waals surface area contributed by atoms with Crippen molar-refractivity contribution in [3.8, 4) is 11.1 Å². The van der Waals surface area contributed by atoms with Gasteiger partial charge in [0.25, 0.3) is 0 Å². The summed E-state index contributed by atoms with van der Waals surface area (Å²) in [5.41, 5.74) is 6.84. The first kappa shape index (κ1) is 22.5. The van der Waals surface area contributed by atoms with Crippen LogP contribution in [-0.2, 0) is 19.4 Å². The van der Waals surface area contributed by atoms with E-state index in [1.54, 1.807) is 0 Å². The van der Waals surface area contributed by atoms with E-state index in [1.165, 1.54) is 58.7 Å². The molecule has 0 nitrogen and oxygen atoms in total. The van der Waals surface area contributed by atoms with Gasteiger partial charge in [-0.1, -0.05) is 0 Å². The first-order chi connectivity index (χ1) is 13.3. The molecule has 0 spiro atoms. The molecular formula is C24H31Cl2SiZr. The van der Waals surface area contributed by atoms with Crippen LogP contribution in [0.2, 0.25) is 19.6 Å². The quantitative estimate of drug-likeness (QED) is 0.248. The second kappa shape index (κ2) is 9.78. The molecule has 28 heavy (non-hydrogen) atoms. The molecule has 2 aromatic carbocycles. The molecule has 0 N–H and O–H groups in total. The zero-order chi connectivity index (χ0) is 20.3. The molecule has 0 saturated heterocycles. The standard InChI is InChI=1S/C24H31Si.2ClH.Zr/c1-5-6-7-8-10-19-17-21-11-9-12-23(24(21)18-19)20-13-15-22(16-14-20)25(2,3)4;;;/h9,11-18H,5-8,10H2,1-4H3;2*1H;/q;;;+2/p-2. The van der Waals surface area contributed by atoms with Crippen molar-refractivity contribution in [1.82, 2.24) is 0 Å². The Labute approximate surface area is 187 Å². The van der Waals surface area contributed by atoms with E-state index in [0.717, 1.165) is 6.42 Å². The van der Waals surface area contributed by atoms with Crippen LogP contribution in [0.5, 0.6) is 0 Å². The zero-order valence-electron chi connectivity index (χ0n) is 17.5. The molecule has 0 aromatic heterocycles. The van der Waals surface area contributed by atoms with Gasteiger partial charge in [-0.2, -0.15) is 0 Å². The second-order valence-corrected chi connectivity index (χ2v) is 22.8. The summed E-state index contributed by atoms with van der Waals surface area (Å²) >= 11 is -2.44. The van der Waals surface area contributed by atoms with E-state index in [-0.39, 0.29) is 0 Å². The van der Waals surface area contributed by atoms with Crippen LogP contribution in [0.1, 0.15) is 53.8 Å². The van der Waals surface area contributed by atoms with Crippen molar-refractivity contribution < 1.29 is 19.4 Å². The van der Waals surface area contributed by atoms with E-state index in [4.69, 9.17) is 17.0 Å². The predicted octanol–water partition coefficient (Wildman–Crippen LogP) is 8.23. The normalized spacial score (nSPS) is 16.1. The fourth-order valence-electron chi connectivity index (χ4n) is 4.10. The van der Waals surface area contributed by atoms with Crippen LogP contribution in [0.3, 0.4) is 0 Å². The Morgan fingerprint density at radius 1 is 0.929 bits per heavy atom. The number of rotatable bonds is 8. The molecule has 1 unspecified atom stereocenters. The van der Waals surface area contributed by atoms with Gasteiger partial charge >= 0.3 is 188 Å². The monoisotopic (exact) mass is 507 g/mol. The number of hydrogen-bond acceptors (Lipinski definition) is 0. The van der Waals surface area contributed by atoms with Gasteiger partial charge in [0.1, 0.15) is 0 Å². The number of hydrogen-bond donors (Lipinski definition) is 0. The maximum atomic E-state index is 6.64. The molecule has 1 atom stereocenters. The van der Waals surface area contributed by atoms with Gasteiger partial charge in [0.15, 0.2) is 0 Å². The van der Waals surface area contributed by atoms with Crippen molar-refractivity contribution in [2.24, 2.45) is 0 Å². The molecule has 4 heteroatoms. The number of halogens is 2. The summed E-state index contributed by atoms with van der Waals surface area (Å²) in [7, 11) is 12.0. The van der Waals surface area contributed by atoms with Gasteiger partial charge in [-0.05, 0) is 0 Å². The molecular weight excluding hydrogens is 478 g/mol. The molecule has 0 bridgehead atoms. The van der Waals surface area contributed by atoms with Crippen LogP contribution in [-0.4, -0.2) is 8.07 Å². The summed E-state index contributed by atoms with van der Waals surface area (Å²) < 4.78 is 0.323. The maximum absolute atomic E-state index is 6.64. The summed E-state index contributed by atoms with van der Waals surface area (Å²) in [5.74, 6) is 0. The van der Waals surface area contributed by atoms with Gasteiger partial charge in [-0.15, -0.1) is 0 Å². The molecule has 0 amide bonds. The SMILES string of the molecule is CCCCCCC1=Cc2c(-c3ccc([Si](C)(C)C)cc3)cccc2[CH]1[Zr]([Cl])[Cl]. The summed E-state index contributed by atoms with van der Waals surface area (Å²) in [4.78, 5) is 0. The first-order valence-electron chi connectivity index (χ1n) is 10.4. The zero-order valence-corrected chi connectivity index (χ0v) is 22.5. The topological polar surface area (TPSA) is 0 Å². The average Bonchev–Trinajstić information content (AvgIpc) is 3.03. The molecule has 2 aromatic rings. The van der Waals surface area contributed by atoms with E-state index in [9.17, 15) is 0 Å². The van der Waals surface area contributed by atoms with Gasteiger partial charge in [0.2, 0.25) is 0 Å². The van der Waals surface area contributed by atoms with Crippen molar-refractivity contribution in [2.75, 3.05) is 0 Å². The number of allylic oxidation sites excluding steroid dienone is 1. The van der Waals surface area contributed by atoms with Crippen molar-refractivity contribution in [3.63, 3.8) is 0 Å². The Hall–Kier alpha value is -0.140. The average molecular weight is 510 g/mol. The summed E-state index contributed by atoms with van der Waals surface area (Å²) in [5, 5.41) is 1.51. The van der Waals surface area contributed by atoms with Crippen LogP contribution in [0.4, 0.5) is 0 Å². The fraction of sp³-hybridized carbons (Fsp3) is 0.417. The van der Waals surface area contributed by atoms with Crippen LogP contribution in [0.15, 0.2) is 48.0 Å². The van der Waals surface area contributed by atoms with Gasteiger partial charge in [0.05, 0.1) is 0 Å². The third-order valence-electron chi connectivity index (χ3n) is 5.75. The van der Waals surface area contributed by atoms with Gasteiger partial charge in [-0.3, -0.25) is 0 Å². The molecule has 0 radical (unpaired) electrons. The van der Waals surface area contributed by atoms with Crippen LogP contribution in [0.25, 0.3) is 17.2 Å². The van der Waals surface area contributed by atoms with Crippen molar-refractivity contribution >= 4 is 36.4 Å². The molecule has 0 saturated carbocycles. The van der Waals surface area contributed by atoms with Crippen LogP contribution in [0, 0.1) is 0 Å². The van der Waals surface area contributed by atoms with E-state index in [1.807, 2.05) is 0 Å². The van der Waals surface area contributed by atoms with Gasteiger partial charge < -0.3 is 0 Å². The van der Waals surface area contributed by atoms with E-state index in [2.05, 4.69) is 75.1 Å².